The monoisotopic (exact) mass is 388 g/mol. The summed E-state index contributed by atoms with van der Waals surface area (Å²) < 4.78 is 12.7. The fourth-order valence-corrected chi connectivity index (χ4v) is 3.88. The van der Waals surface area contributed by atoms with Crippen molar-refractivity contribution >= 4 is 28.6 Å². The van der Waals surface area contributed by atoms with E-state index in [1.807, 2.05) is 48.5 Å². The standard InChI is InChI=1S/C20H21ClN2O2S/c1-24-12-6-11-23-18(15-9-10-19(25-2)17(21)13-15)14-26-20(23)22-16-7-4-3-5-8-16/h3-5,7-10,13-14H,6,11-12H2,1-2H3. The van der Waals surface area contributed by atoms with E-state index in [0.29, 0.717) is 17.4 Å². The highest BCUT2D eigenvalue weighted by Gasteiger charge is 2.10. The molecule has 3 aromatic rings. The topological polar surface area (TPSA) is 35.8 Å². The van der Waals surface area contributed by atoms with Gasteiger partial charge in [0.1, 0.15) is 5.75 Å². The van der Waals surface area contributed by atoms with Gasteiger partial charge in [0.2, 0.25) is 0 Å². The minimum Gasteiger partial charge on any atom is -0.495 e. The third kappa shape index (κ3) is 4.36. The Kier molecular flexibility index (Phi) is 6.50. The molecule has 0 bridgehead atoms. The van der Waals surface area contributed by atoms with Gasteiger partial charge in [-0.15, -0.1) is 11.3 Å². The molecule has 0 atom stereocenters. The summed E-state index contributed by atoms with van der Waals surface area (Å²) in [6.07, 6.45) is 0.909. The van der Waals surface area contributed by atoms with Crippen LogP contribution in [0.1, 0.15) is 6.42 Å². The number of ether oxygens (including phenoxy) is 2. The molecule has 0 N–H and O–H groups in total. The molecule has 1 aromatic heterocycles. The van der Waals surface area contributed by atoms with Crippen LogP contribution in [0.3, 0.4) is 0 Å². The highest BCUT2D eigenvalue weighted by Crippen LogP contribution is 2.30. The van der Waals surface area contributed by atoms with Gasteiger partial charge in [0.05, 0.1) is 23.5 Å². The van der Waals surface area contributed by atoms with Crippen molar-refractivity contribution in [1.29, 1.82) is 0 Å². The van der Waals surface area contributed by atoms with Crippen LogP contribution in [0.5, 0.6) is 5.75 Å². The van der Waals surface area contributed by atoms with E-state index >= 15 is 0 Å². The number of halogens is 1. The van der Waals surface area contributed by atoms with Crippen LogP contribution in [-0.4, -0.2) is 25.4 Å². The zero-order valence-electron chi connectivity index (χ0n) is 14.8. The van der Waals surface area contributed by atoms with Crippen molar-refractivity contribution in [3.05, 3.63) is 63.7 Å². The Morgan fingerprint density at radius 2 is 1.92 bits per heavy atom. The minimum absolute atomic E-state index is 0.598. The molecule has 1 heterocycles. The Hall–Kier alpha value is -2.08. The molecule has 0 amide bonds. The Balaban J connectivity index is 2.05. The normalized spacial score (nSPS) is 11.7. The van der Waals surface area contributed by atoms with Gasteiger partial charge < -0.3 is 14.0 Å². The molecule has 0 aliphatic heterocycles. The lowest BCUT2D eigenvalue weighted by Gasteiger charge is -2.10. The summed E-state index contributed by atoms with van der Waals surface area (Å²) in [5, 5.41) is 2.72. The van der Waals surface area contributed by atoms with Gasteiger partial charge >= 0.3 is 0 Å². The molecule has 4 nitrogen and oxygen atoms in total. The van der Waals surface area contributed by atoms with Crippen LogP contribution in [0.2, 0.25) is 5.02 Å². The highest BCUT2D eigenvalue weighted by atomic mass is 35.5. The number of para-hydroxylation sites is 1. The van der Waals surface area contributed by atoms with Crippen LogP contribution in [0.4, 0.5) is 5.69 Å². The van der Waals surface area contributed by atoms with Crippen molar-refractivity contribution in [3.8, 4) is 17.0 Å². The fourth-order valence-electron chi connectivity index (χ4n) is 2.67. The van der Waals surface area contributed by atoms with Gasteiger partial charge in [0, 0.05) is 31.2 Å². The van der Waals surface area contributed by atoms with Gasteiger partial charge in [-0.05, 0) is 36.8 Å². The molecule has 0 unspecified atom stereocenters. The van der Waals surface area contributed by atoms with E-state index in [1.165, 1.54) is 0 Å². The molecule has 3 rings (SSSR count). The second-order valence-electron chi connectivity index (χ2n) is 5.70. The number of rotatable bonds is 7. The average molecular weight is 389 g/mol. The van der Waals surface area contributed by atoms with Crippen LogP contribution < -0.4 is 9.54 Å². The lowest BCUT2D eigenvalue weighted by molar-refractivity contribution is 0.190. The molecule has 136 valence electrons. The molecule has 6 heteroatoms. The summed E-state index contributed by atoms with van der Waals surface area (Å²) in [5.41, 5.74) is 3.07. The highest BCUT2D eigenvalue weighted by molar-refractivity contribution is 7.07. The molecule has 0 saturated heterocycles. The predicted molar refractivity (Wildman–Crippen MR) is 107 cm³/mol. The van der Waals surface area contributed by atoms with Gasteiger partial charge in [-0.3, -0.25) is 0 Å². The number of methoxy groups -OCH3 is 2. The maximum atomic E-state index is 6.32. The zero-order chi connectivity index (χ0) is 18.4. The summed E-state index contributed by atoms with van der Waals surface area (Å²) >= 11 is 7.94. The zero-order valence-corrected chi connectivity index (χ0v) is 16.4. The summed E-state index contributed by atoms with van der Waals surface area (Å²) in [7, 11) is 3.34. The van der Waals surface area contributed by atoms with E-state index in [1.54, 1.807) is 25.6 Å². The van der Waals surface area contributed by atoms with Crippen molar-refractivity contribution in [3.63, 3.8) is 0 Å². The van der Waals surface area contributed by atoms with Crippen LogP contribution in [0, 0.1) is 0 Å². The van der Waals surface area contributed by atoms with Gasteiger partial charge in [-0.2, -0.15) is 0 Å². The summed E-state index contributed by atoms with van der Waals surface area (Å²) in [6, 6.07) is 15.8. The number of hydrogen-bond acceptors (Lipinski definition) is 4. The Bertz CT molecular complexity index is 919. The first-order chi connectivity index (χ1) is 12.7. The van der Waals surface area contributed by atoms with E-state index in [-0.39, 0.29) is 0 Å². The van der Waals surface area contributed by atoms with Crippen LogP contribution in [0.15, 0.2) is 58.9 Å². The van der Waals surface area contributed by atoms with Gasteiger partial charge in [-0.25, -0.2) is 4.99 Å². The summed E-state index contributed by atoms with van der Waals surface area (Å²) in [5.74, 6) is 0.672. The lowest BCUT2D eigenvalue weighted by Crippen LogP contribution is -2.17. The molecular weight excluding hydrogens is 368 g/mol. The molecule has 0 spiro atoms. The molecule has 0 radical (unpaired) electrons. The number of nitrogens with zero attached hydrogens (tertiary/aromatic N) is 2. The quantitative estimate of drug-likeness (QED) is 0.525. The van der Waals surface area contributed by atoms with E-state index < -0.39 is 0 Å². The second-order valence-corrected chi connectivity index (χ2v) is 6.94. The first-order valence-electron chi connectivity index (χ1n) is 8.34. The van der Waals surface area contributed by atoms with E-state index in [2.05, 4.69) is 9.95 Å². The van der Waals surface area contributed by atoms with E-state index in [4.69, 9.17) is 26.1 Å². The second kappa shape index (κ2) is 9.03. The molecule has 0 saturated carbocycles. The fraction of sp³-hybridized carbons (Fsp3) is 0.250. The van der Waals surface area contributed by atoms with E-state index in [0.717, 1.165) is 34.7 Å². The van der Waals surface area contributed by atoms with Crippen molar-refractivity contribution in [2.75, 3.05) is 20.8 Å². The summed E-state index contributed by atoms with van der Waals surface area (Å²) in [4.78, 5) is 5.76. The molecule has 2 aromatic carbocycles. The van der Waals surface area contributed by atoms with Crippen molar-refractivity contribution < 1.29 is 9.47 Å². The van der Waals surface area contributed by atoms with Gasteiger partial charge in [-0.1, -0.05) is 29.8 Å². The van der Waals surface area contributed by atoms with Crippen LogP contribution >= 0.6 is 22.9 Å². The Morgan fingerprint density at radius 1 is 1.12 bits per heavy atom. The van der Waals surface area contributed by atoms with Crippen molar-refractivity contribution in [2.45, 2.75) is 13.0 Å². The molecule has 0 fully saturated rings. The number of aromatic nitrogens is 1. The number of thiazole rings is 1. The first kappa shape index (κ1) is 18.7. The minimum atomic E-state index is 0.598. The average Bonchev–Trinajstić information content (AvgIpc) is 3.05. The first-order valence-corrected chi connectivity index (χ1v) is 9.59. The number of benzene rings is 2. The Morgan fingerprint density at radius 3 is 2.62 bits per heavy atom. The third-order valence-electron chi connectivity index (χ3n) is 3.96. The Labute approximate surface area is 162 Å². The van der Waals surface area contributed by atoms with Crippen LogP contribution in [0.25, 0.3) is 11.3 Å². The maximum Gasteiger partial charge on any atom is 0.190 e. The molecule has 0 aliphatic rings. The molecule has 0 aliphatic carbocycles. The third-order valence-corrected chi connectivity index (χ3v) is 5.12. The van der Waals surface area contributed by atoms with E-state index in [9.17, 15) is 0 Å². The van der Waals surface area contributed by atoms with Crippen molar-refractivity contribution in [2.24, 2.45) is 4.99 Å². The number of hydrogen-bond donors (Lipinski definition) is 0. The van der Waals surface area contributed by atoms with Crippen LogP contribution in [-0.2, 0) is 11.3 Å². The molecular formula is C20H21ClN2O2S. The molecule has 26 heavy (non-hydrogen) atoms. The van der Waals surface area contributed by atoms with Crippen molar-refractivity contribution in [1.82, 2.24) is 4.57 Å². The van der Waals surface area contributed by atoms with Gasteiger partial charge in [0.15, 0.2) is 4.80 Å². The lowest BCUT2D eigenvalue weighted by atomic mass is 10.1. The SMILES string of the molecule is COCCCn1c(-c2ccc(OC)c(Cl)c2)csc1=Nc1ccccc1. The largest absolute Gasteiger partial charge is 0.495 e. The smallest absolute Gasteiger partial charge is 0.190 e. The van der Waals surface area contributed by atoms with Gasteiger partial charge in [0.25, 0.3) is 0 Å². The maximum absolute atomic E-state index is 6.32. The summed E-state index contributed by atoms with van der Waals surface area (Å²) in [6.45, 7) is 1.53. The predicted octanol–water partition coefficient (Wildman–Crippen LogP) is 5.15.